The standard InChI is InChI=1S/C21H34N4O3S/c1-2-22-21(23-9-11-24-12-14-29(26,27)15-13-24)25-10-8-20(16-25)18-28-17-19-6-4-3-5-7-19/h3-7,20H,2,8-18H2,1H3,(H,22,23). The first-order chi connectivity index (χ1) is 14.1. The van der Waals surface area contributed by atoms with Crippen LogP contribution >= 0.6 is 0 Å². The van der Waals surface area contributed by atoms with Crippen LogP contribution in [0.2, 0.25) is 0 Å². The molecule has 0 aromatic heterocycles. The fourth-order valence-electron chi connectivity index (χ4n) is 3.78. The third kappa shape index (κ3) is 7.28. The van der Waals surface area contributed by atoms with E-state index in [1.165, 1.54) is 5.56 Å². The van der Waals surface area contributed by atoms with E-state index in [2.05, 4.69) is 34.2 Å². The lowest BCUT2D eigenvalue weighted by molar-refractivity contribution is 0.0906. The van der Waals surface area contributed by atoms with E-state index in [-0.39, 0.29) is 11.5 Å². The van der Waals surface area contributed by atoms with Gasteiger partial charge in [0.15, 0.2) is 15.8 Å². The number of aliphatic imine (C=N–C) groups is 1. The van der Waals surface area contributed by atoms with E-state index in [0.717, 1.165) is 45.2 Å². The van der Waals surface area contributed by atoms with E-state index in [1.54, 1.807) is 0 Å². The van der Waals surface area contributed by atoms with E-state index in [0.29, 0.717) is 32.2 Å². The highest BCUT2D eigenvalue weighted by atomic mass is 32.2. The summed E-state index contributed by atoms with van der Waals surface area (Å²) in [5, 5.41) is 3.40. The zero-order valence-corrected chi connectivity index (χ0v) is 18.2. The number of sulfone groups is 1. The highest BCUT2D eigenvalue weighted by molar-refractivity contribution is 7.91. The van der Waals surface area contributed by atoms with Crippen molar-refractivity contribution in [2.24, 2.45) is 10.9 Å². The van der Waals surface area contributed by atoms with E-state index < -0.39 is 9.84 Å². The van der Waals surface area contributed by atoms with E-state index in [1.807, 2.05) is 18.2 Å². The number of hydrogen-bond donors (Lipinski definition) is 1. The molecule has 1 unspecified atom stereocenters. The molecule has 2 aliphatic rings. The summed E-state index contributed by atoms with van der Waals surface area (Å²) in [7, 11) is -2.82. The molecule has 1 aromatic rings. The average Bonchev–Trinajstić information content (AvgIpc) is 3.18. The Morgan fingerprint density at radius 2 is 1.97 bits per heavy atom. The van der Waals surface area contributed by atoms with Gasteiger partial charge in [0.2, 0.25) is 0 Å². The van der Waals surface area contributed by atoms with Crippen LogP contribution in [0, 0.1) is 5.92 Å². The van der Waals surface area contributed by atoms with Crippen molar-refractivity contribution in [3.8, 4) is 0 Å². The average molecular weight is 423 g/mol. The Balaban J connectivity index is 1.41. The summed E-state index contributed by atoms with van der Waals surface area (Å²) in [6.45, 7) is 9.06. The third-order valence-corrected chi connectivity index (χ3v) is 7.11. The van der Waals surface area contributed by atoms with Crippen molar-refractivity contribution < 1.29 is 13.2 Å². The van der Waals surface area contributed by atoms with Gasteiger partial charge in [-0.1, -0.05) is 30.3 Å². The summed E-state index contributed by atoms with van der Waals surface area (Å²) < 4.78 is 29.0. The van der Waals surface area contributed by atoms with Gasteiger partial charge in [0.25, 0.3) is 0 Å². The zero-order chi connectivity index (χ0) is 20.5. The Morgan fingerprint density at radius 3 is 2.69 bits per heavy atom. The molecule has 0 spiro atoms. The smallest absolute Gasteiger partial charge is 0.193 e. The Labute approximate surface area is 175 Å². The molecule has 2 heterocycles. The summed E-state index contributed by atoms with van der Waals surface area (Å²) in [5.74, 6) is 2.03. The summed E-state index contributed by atoms with van der Waals surface area (Å²) in [5.41, 5.74) is 1.21. The molecular formula is C21H34N4O3S. The lowest BCUT2D eigenvalue weighted by atomic mass is 10.1. The number of likely N-dealkylation sites (tertiary alicyclic amines) is 1. The van der Waals surface area contributed by atoms with Crippen LogP contribution in [0.5, 0.6) is 0 Å². The molecule has 7 nitrogen and oxygen atoms in total. The fourth-order valence-corrected chi connectivity index (χ4v) is 5.05. The first-order valence-electron chi connectivity index (χ1n) is 10.6. The number of nitrogens with zero attached hydrogens (tertiary/aromatic N) is 3. The van der Waals surface area contributed by atoms with E-state index in [9.17, 15) is 8.42 Å². The summed E-state index contributed by atoms with van der Waals surface area (Å²) in [4.78, 5) is 9.30. The lowest BCUT2D eigenvalue weighted by Crippen LogP contribution is -2.43. The molecule has 1 atom stereocenters. The molecule has 162 valence electrons. The van der Waals surface area contributed by atoms with Crippen LogP contribution in [0.3, 0.4) is 0 Å². The second kappa shape index (κ2) is 10.9. The Hall–Kier alpha value is -1.64. The molecule has 2 saturated heterocycles. The van der Waals surface area contributed by atoms with Gasteiger partial charge in [-0.2, -0.15) is 0 Å². The van der Waals surface area contributed by atoms with Gasteiger partial charge in [-0.15, -0.1) is 0 Å². The van der Waals surface area contributed by atoms with Crippen LogP contribution in [0.1, 0.15) is 18.9 Å². The SMILES string of the molecule is CCNC(=NCCN1CCS(=O)(=O)CC1)N1CCC(COCc2ccccc2)C1. The maximum Gasteiger partial charge on any atom is 0.193 e. The fraction of sp³-hybridized carbons (Fsp3) is 0.667. The summed E-state index contributed by atoms with van der Waals surface area (Å²) in [6, 6.07) is 10.3. The number of ether oxygens (including phenoxy) is 1. The highest BCUT2D eigenvalue weighted by Gasteiger charge is 2.25. The van der Waals surface area contributed by atoms with Crippen molar-refractivity contribution in [3.05, 3.63) is 35.9 Å². The van der Waals surface area contributed by atoms with Gasteiger partial charge < -0.3 is 15.0 Å². The predicted octanol–water partition coefficient (Wildman–Crippen LogP) is 1.22. The van der Waals surface area contributed by atoms with Crippen LogP contribution in [-0.4, -0.2) is 88.1 Å². The van der Waals surface area contributed by atoms with Gasteiger partial charge in [-0.05, 0) is 18.9 Å². The molecule has 0 aliphatic carbocycles. The molecule has 2 aliphatic heterocycles. The van der Waals surface area contributed by atoms with Crippen LogP contribution in [-0.2, 0) is 21.2 Å². The van der Waals surface area contributed by atoms with Crippen LogP contribution < -0.4 is 5.32 Å². The van der Waals surface area contributed by atoms with Gasteiger partial charge >= 0.3 is 0 Å². The van der Waals surface area contributed by atoms with Gasteiger partial charge in [-0.25, -0.2) is 8.42 Å². The largest absolute Gasteiger partial charge is 0.376 e. The molecule has 2 fully saturated rings. The maximum atomic E-state index is 11.5. The summed E-state index contributed by atoms with van der Waals surface area (Å²) >= 11 is 0. The van der Waals surface area contributed by atoms with Crippen molar-refractivity contribution in [1.82, 2.24) is 15.1 Å². The Kier molecular flexibility index (Phi) is 8.32. The molecule has 0 radical (unpaired) electrons. The minimum Gasteiger partial charge on any atom is -0.376 e. The Morgan fingerprint density at radius 1 is 1.21 bits per heavy atom. The number of hydrogen-bond acceptors (Lipinski definition) is 5. The van der Waals surface area contributed by atoms with Crippen LogP contribution in [0.15, 0.2) is 35.3 Å². The molecule has 1 N–H and O–H groups in total. The van der Waals surface area contributed by atoms with Crippen molar-refractivity contribution in [1.29, 1.82) is 0 Å². The first kappa shape index (κ1) is 22.1. The molecule has 0 saturated carbocycles. The normalized spacial score (nSPS) is 22.7. The monoisotopic (exact) mass is 422 g/mol. The highest BCUT2D eigenvalue weighted by Crippen LogP contribution is 2.17. The third-order valence-electron chi connectivity index (χ3n) is 5.50. The number of benzene rings is 1. The summed E-state index contributed by atoms with van der Waals surface area (Å²) in [6.07, 6.45) is 1.11. The molecule has 3 rings (SSSR count). The molecule has 0 bridgehead atoms. The van der Waals surface area contributed by atoms with Gasteiger partial charge in [0.1, 0.15) is 0 Å². The van der Waals surface area contributed by atoms with Crippen molar-refractivity contribution in [2.45, 2.75) is 20.0 Å². The van der Waals surface area contributed by atoms with Crippen molar-refractivity contribution in [3.63, 3.8) is 0 Å². The molecule has 29 heavy (non-hydrogen) atoms. The minimum atomic E-state index is -2.82. The quantitative estimate of drug-likeness (QED) is 0.502. The molecule has 1 aromatic carbocycles. The second-order valence-electron chi connectivity index (χ2n) is 7.83. The Bertz CT molecular complexity index is 740. The predicted molar refractivity (Wildman–Crippen MR) is 117 cm³/mol. The van der Waals surface area contributed by atoms with Crippen LogP contribution in [0.4, 0.5) is 0 Å². The number of nitrogens with one attached hydrogen (secondary N) is 1. The van der Waals surface area contributed by atoms with Gasteiger partial charge in [0.05, 0.1) is 31.3 Å². The topological polar surface area (TPSA) is 74.2 Å². The van der Waals surface area contributed by atoms with Crippen molar-refractivity contribution >= 4 is 15.8 Å². The van der Waals surface area contributed by atoms with Crippen molar-refractivity contribution in [2.75, 3.05) is 63.9 Å². The number of guanidine groups is 1. The van der Waals surface area contributed by atoms with Crippen LogP contribution in [0.25, 0.3) is 0 Å². The van der Waals surface area contributed by atoms with Gasteiger partial charge in [0, 0.05) is 45.2 Å². The van der Waals surface area contributed by atoms with E-state index >= 15 is 0 Å². The maximum absolute atomic E-state index is 11.5. The second-order valence-corrected chi connectivity index (χ2v) is 10.1. The first-order valence-corrected chi connectivity index (χ1v) is 12.5. The minimum absolute atomic E-state index is 0.271. The molecular weight excluding hydrogens is 388 g/mol. The van der Waals surface area contributed by atoms with E-state index in [4.69, 9.17) is 9.73 Å². The molecule has 0 amide bonds. The number of rotatable bonds is 8. The zero-order valence-electron chi connectivity index (χ0n) is 17.4. The molecule has 8 heteroatoms. The lowest BCUT2D eigenvalue weighted by Gasteiger charge is -2.26. The van der Waals surface area contributed by atoms with Gasteiger partial charge in [-0.3, -0.25) is 9.89 Å².